The number of aliphatic hydroxyl groups excluding tert-OH is 2. The molecule has 0 amide bonds. The zero-order valence-corrected chi connectivity index (χ0v) is 47.0. The molecular formula is C61H86O19. The topological polar surface area (TPSA) is 205 Å². The monoisotopic (exact) mass is 1120 g/mol. The summed E-state index contributed by atoms with van der Waals surface area (Å²) in [5, 5.41) is 20.0. The Morgan fingerprint density at radius 3 is 1.99 bits per heavy atom. The van der Waals surface area contributed by atoms with E-state index in [1.165, 1.54) is 0 Å². The molecule has 0 aromatic carbocycles. The fourth-order valence-corrected chi connectivity index (χ4v) is 18.8. The summed E-state index contributed by atoms with van der Waals surface area (Å²) in [6.45, 7) is 17.6. The summed E-state index contributed by atoms with van der Waals surface area (Å²) in [5.74, 6) is -2.60. The van der Waals surface area contributed by atoms with Crippen LogP contribution in [0.2, 0.25) is 0 Å². The van der Waals surface area contributed by atoms with E-state index in [0.29, 0.717) is 70.6 Å². The lowest BCUT2D eigenvalue weighted by molar-refractivity contribution is -0.369. The number of hydrogen-bond donors (Lipinski definition) is 2. The van der Waals surface area contributed by atoms with Crippen LogP contribution in [0.1, 0.15) is 143 Å². The Balaban J connectivity index is 0.628. The molecule has 0 aliphatic carbocycles. The molecule has 17 rings (SSSR count). The highest BCUT2D eigenvalue weighted by Crippen LogP contribution is 2.58. The Morgan fingerprint density at radius 2 is 1.12 bits per heavy atom. The highest BCUT2D eigenvalue weighted by Gasteiger charge is 2.70. The lowest BCUT2D eigenvalue weighted by Gasteiger charge is -2.54. The molecule has 80 heavy (non-hydrogen) atoms. The third-order valence-corrected chi connectivity index (χ3v) is 22.6. The molecule has 17 aliphatic rings. The van der Waals surface area contributed by atoms with Crippen molar-refractivity contribution in [3.05, 3.63) is 24.3 Å². The molecule has 19 nitrogen and oxygen atoms in total. The van der Waals surface area contributed by atoms with E-state index < -0.39 is 60.1 Å². The average Bonchev–Trinajstić information content (AvgIpc) is 4.37. The fourth-order valence-electron chi connectivity index (χ4n) is 18.8. The molecule has 33 atom stereocenters. The van der Waals surface area contributed by atoms with Crippen molar-refractivity contribution in [2.75, 3.05) is 6.61 Å². The normalized spacial score (nSPS) is 58.9. The second-order valence-corrected chi connectivity index (χ2v) is 28.1. The van der Waals surface area contributed by atoms with Gasteiger partial charge in [-0.25, -0.2) is 0 Å². The van der Waals surface area contributed by atoms with Crippen molar-refractivity contribution in [3.8, 4) is 0 Å². The Labute approximate surface area is 469 Å². The zero-order valence-electron chi connectivity index (χ0n) is 47.0. The van der Waals surface area contributed by atoms with Gasteiger partial charge in [-0.15, -0.1) is 0 Å². The van der Waals surface area contributed by atoms with E-state index in [4.69, 9.17) is 75.8 Å². The molecule has 3 spiro atoms. The van der Waals surface area contributed by atoms with Crippen LogP contribution in [-0.2, 0) is 80.6 Å². The van der Waals surface area contributed by atoms with Gasteiger partial charge in [0.2, 0.25) is 0 Å². The molecular weight excluding hydrogens is 1040 g/mol. The van der Waals surface area contributed by atoms with Crippen molar-refractivity contribution in [1.82, 2.24) is 0 Å². The smallest absolute Gasteiger partial charge is 0.308 e. The molecule has 17 unspecified atom stereocenters. The van der Waals surface area contributed by atoms with Gasteiger partial charge in [0.05, 0.1) is 129 Å². The maximum atomic E-state index is 14.6. The molecule has 17 fully saturated rings. The number of aliphatic hydroxyl groups is 2. The second kappa shape index (κ2) is 19.9. The van der Waals surface area contributed by atoms with Gasteiger partial charge in [-0.05, 0) is 73.8 Å². The first kappa shape index (κ1) is 53.7. The summed E-state index contributed by atoms with van der Waals surface area (Å²) in [7, 11) is 0. The molecule has 0 aromatic rings. The first-order valence-electron chi connectivity index (χ1n) is 31.4. The van der Waals surface area contributed by atoms with Crippen LogP contribution in [0, 0.1) is 23.7 Å². The predicted molar refractivity (Wildman–Crippen MR) is 276 cm³/mol. The van der Waals surface area contributed by atoms with Crippen molar-refractivity contribution in [1.29, 1.82) is 0 Å². The van der Waals surface area contributed by atoms with Crippen LogP contribution >= 0.6 is 0 Å². The molecule has 0 aromatic heterocycles. The van der Waals surface area contributed by atoms with Gasteiger partial charge >= 0.3 is 5.97 Å². The Hall–Kier alpha value is -1.73. The Kier molecular flexibility index (Phi) is 13.4. The third kappa shape index (κ3) is 8.99. The predicted octanol–water partition coefficient (Wildman–Crippen LogP) is 5.33. The molecule has 17 aliphatic heterocycles. The molecule has 19 heteroatoms. The summed E-state index contributed by atoms with van der Waals surface area (Å²) in [6, 6.07) is 0. The van der Waals surface area contributed by atoms with Gasteiger partial charge in [0.1, 0.15) is 42.7 Å². The van der Waals surface area contributed by atoms with Crippen LogP contribution in [0.5, 0.6) is 0 Å². The molecule has 2 N–H and O–H groups in total. The molecule has 0 radical (unpaired) electrons. The van der Waals surface area contributed by atoms with Gasteiger partial charge < -0.3 is 86.0 Å². The molecule has 444 valence electrons. The van der Waals surface area contributed by atoms with E-state index in [0.717, 1.165) is 49.7 Å². The van der Waals surface area contributed by atoms with Gasteiger partial charge in [0.25, 0.3) is 0 Å². The van der Waals surface area contributed by atoms with Crippen molar-refractivity contribution < 1.29 is 90.8 Å². The first-order chi connectivity index (χ1) is 38.6. The van der Waals surface area contributed by atoms with Gasteiger partial charge in [0.15, 0.2) is 17.4 Å². The molecule has 12 bridgehead atoms. The highest BCUT2D eigenvalue weighted by molar-refractivity contribution is 5.70. The fraction of sp³-hybridized carbons (Fsp3) is 0.918. The number of hydrogen-bond acceptors (Lipinski definition) is 19. The maximum absolute atomic E-state index is 14.6. The Morgan fingerprint density at radius 1 is 0.475 bits per heavy atom. The lowest BCUT2D eigenvalue weighted by Crippen LogP contribution is -2.62. The van der Waals surface area contributed by atoms with E-state index in [9.17, 15) is 15.0 Å². The molecule has 17 saturated heterocycles. The van der Waals surface area contributed by atoms with E-state index in [1.54, 1.807) is 0 Å². The summed E-state index contributed by atoms with van der Waals surface area (Å²) in [6.07, 6.45) is 4.03. The molecule has 17 heterocycles. The summed E-state index contributed by atoms with van der Waals surface area (Å²) in [5.41, 5.74) is 2.16. The quantitative estimate of drug-likeness (QED) is 0.265. The number of carbonyl (C=O) groups is 1. The number of carbonyl (C=O) groups excluding carboxylic acids is 1. The summed E-state index contributed by atoms with van der Waals surface area (Å²) >= 11 is 0. The average molecular weight is 1120 g/mol. The summed E-state index contributed by atoms with van der Waals surface area (Å²) < 4.78 is 110. The zero-order chi connectivity index (χ0) is 54.3. The van der Waals surface area contributed by atoms with Crippen LogP contribution in [0.25, 0.3) is 0 Å². The van der Waals surface area contributed by atoms with E-state index in [1.807, 2.05) is 0 Å². The summed E-state index contributed by atoms with van der Waals surface area (Å²) in [4.78, 5) is 14.6. The number of rotatable bonds is 2. The lowest BCUT2D eigenvalue weighted by atomic mass is 9.78. The van der Waals surface area contributed by atoms with Crippen LogP contribution in [0.3, 0.4) is 0 Å². The van der Waals surface area contributed by atoms with Gasteiger partial charge in [0, 0.05) is 70.1 Å². The standard InChI is InChI=1S/C61H86O19/c1-26-13-32-7-9-36-27(2)14-34(65-36)11-12-59-23-47-55(79-59)56-57(73-47)58(80-59)54-37(70-56)10-8-33(67-54)15-49(64)74-53-31(6)52-44(69-43(53)16-38(66-32)30(26)5)19-42-46(72-52)22-61(75-42)24-48-51(78-61)29(4)21-60(77-48)20-28(3)50-45(76-60)18-40-41(71-50)17-39(68-40)35(63)25-62/h26,28-29,31-48,50-58,62-63H,2,5,7-25H2,1,3-4,6H3/t26-,28?,29?,31?,32?,33-,34?,35?,36+,37+,38-,39?,40?,41?,42?,43+,44?,45+,46?,47?,48+,50+,51+,52?,53?,54?,55+,56?,57-,58+,59+,60-,61+/m1/s1. The van der Waals surface area contributed by atoms with Crippen LogP contribution in [-0.4, -0.2) is 199 Å². The number of esters is 1. The van der Waals surface area contributed by atoms with Gasteiger partial charge in [-0.3, -0.25) is 4.79 Å². The van der Waals surface area contributed by atoms with Gasteiger partial charge in [-0.2, -0.15) is 0 Å². The minimum absolute atomic E-state index is 0.0140. The largest absolute Gasteiger partial charge is 0.459 e. The number of fused-ring (bicyclic) bond motifs is 11. The minimum atomic E-state index is -0.941. The third-order valence-electron chi connectivity index (χ3n) is 22.6. The van der Waals surface area contributed by atoms with Crippen molar-refractivity contribution in [2.45, 2.75) is 319 Å². The highest BCUT2D eigenvalue weighted by atomic mass is 16.8. The first-order valence-corrected chi connectivity index (χ1v) is 31.4. The van der Waals surface area contributed by atoms with Crippen molar-refractivity contribution in [3.63, 3.8) is 0 Å². The van der Waals surface area contributed by atoms with E-state index in [-0.39, 0.29) is 159 Å². The van der Waals surface area contributed by atoms with Gasteiger partial charge in [-0.1, -0.05) is 40.9 Å². The second-order valence-electron chi connectivity index (χ2n) is 28.1. The van der Waals surface area contributed by atoms with Crippen molar-refractivity contribution >= 4 is 5.97 Å². The molecule has 0 saturated carbocycles. The Bertz CT molecular complexity index is 2410. The van der Waals surface area contributed by atoms with Crippen LogP contribution in [0.15, 0.2) is 24.3 Å². The van der Waals surface area contributed by atoms with Crippen LogP contribution < -0.4 is 0 Å². The van der Waals surface area contributed by atoms with E-state index >= 15 is 0 Å². The number of ether oxygens (including phenoxy) is 16. The van der Waals surface area contributed by atoms with Crippen molar-refractivity contribution in [2.24, 2.45) is 23.7 Å². The minimum Gasteiger partial charge on any atom is -0.459 e. The van der Waals surface area contributed by atoms with E-state index in [2.05, 4.69) is 40.9 Å². The van der Waals surface area contributed by atoms with Crippen LogP contribution in [0.4, 0.5) is 0 Å². The maximum Gasteiger partial charge on any atom is 0.308 e. The SMILES string of the molecule is C=C1CC2CC[C@@]34CC5O[C@@H]6C(O[C@H]7CC[C@H](CC(=O)OC8C(C)C9OC%10C[C@]%11(C[C@@H]%12O[C@]%13(CC(C)[C@@H]%14OC%15CC(C(O)CO)OC%15C[C@@H]%14O%13)CC(C)[C@@H]%12O%11)OC%10CC9O[C@H]8C[C@H]8OC(CC[C@@H]1O2)C[C@@H](C)C8=C)OC7[C@@H]6O3)[C@H]5O4.